The summed E-state index contributed by atoms with van der Waals surface area (Å²) in [7, 11) is -3.92. The van der Waals surface area contributed by atoms with E-state index < -0.39 is 37.6 Å². The van der Waals surface area contributed by atoms with E-state index in [-0.39, 0.29) is 34.7 Å². The van der Waals surface area contributed by atoms with E-state index in [2.05, 4.69) is 10.1 Å². The largest absolute Gasteiger partial charge is 0.277 e. The van der Waals surface area contributed by atoms with Crippen molar-refractivity contribution < 1.29 is 17.2 Å². The Balaban J connectivity index is 1.59. The molecule has 0 aliphatic heterocycles. The molecule has 1 aliphatic rings. The second-order valence-electron chi connectivity index (χ2n) is 9.62. The lowest BCUT2D eigenvalue weighted by Crippen LogP contribution is -2.24. The number of hydrogen-bond donors (Lipinski definition) is 0. The lowest BCUT2D eigenvalue weighted by atomic mass is 10.0. The zero-order valence-electron chi connectivity index (χ0n) is 21.1. The van der Waals surface area contributed by atoms with Gasteiger partial charge in [-0.3, -0.25) is 19.0 Å². The molecule has 2 atom stereocenters. The topological polar surface area (TPSA) is 111 Å². The van der Waals surface area contributed by atoms with Gasteiger partial charge >= 0.3 is 0 Å². The summed E-state index contributed by atoms with van der Waals surface area (Å²) < 4.78 is 57.8. The Bertz CT molecular complexity index is 1860. The van der Waals surface area contributed by atoms with Gasteiger partial charge in [0.25, 0.3) is 5.56 Å². The van der Waals surface area contributed by atoms with Gasteiger partial charge in [-0.2, -0.15) is 10.4 Å². The average Bonchev–Trinajstić information content (AvgIpc) is 3.53. The van der Waals surface area contributed by atoms with Gasteiger partial charge in [-0.25, -0.2) is 17.2 Å². The van der Waals surface area contributed by atoms with E-state index in [1.54, 1.807) is 32.3 Å². The molecule has 8 nitrogen and oxygen atoms in total. The van der Waals surface area contributed by atoms with Crippen LogP contribution in [-0.2, 0) is 16.4 Å². The Morgan fingerprint density at radius 3 is 2.62 bits per heavy atom. The molecular formula is C27H22ClF2N5O3S. The van der Waals surface area contributed by atoms with E-state index >= 15 is 8.78 Å². The molecule has 0 unspecified atom stereocenters. The number of rotatable bonds is 6. The van der Waals surface area contributed by atoms with Crippen molar-refractivity contribution in [2.75, 3.05) is 6.26 Å². The summed E-state index contributed by atoms with van der Waals surface area (Å²) in [5.41, 5.74) is 0.727. The second kappa shape index (κ2) is 9.70. The molecule has 0 bridgehead atoms. The van der Waals surface area contributed by atoms with Crippen LogP contribution in [0.3, 0.4) is 0 Å². The first-order chi connectivity index (χ1) is 18.4. The minimum Gasteiger partial charge on any atom is -0.277 e. The van der Waals surface area contributed by atoms with Crippen molar-refractivity contribution in [3.8, 4) is 23.0 Å². The molecule has 0 radical (unpaired) electrons. The predicted molar refractivity (Wildman–Crippen MR) is 141 cm³/mol. The highest BCUT2D eigenvalue weighted by Crippen LogP contribution is 2.55. The minimum absolute atomic E-state index is 0.0370. The maximum atomic E-state index is 16.0. The van der Waals surface area contributed by atoms with Crippen LogP contribution in [-0.4, -0.2) is 34.0 Å². The van der Waals surface area contributed by atoms with E-state index in [1.165, 1.54) is 23.0 Å². The van der Waals surface area contributed by atoms with Crippen molar-refractivity contribution in [1.29, 1.82) is 5.26 Å². The maximum Gasteiger partial charge on any atom is 0.274 e. The first-order valence-corrected chi connectivity index (χ1v) is 14.2. The monoisotopic (exact) mass is 569 g/mol. The van der Waals surface area contributed by atoms with Crippen molar-refractivity contribution in [2.45, 2.75) is 43.5 Å². The number of aromatic nitrogens is 4. The molecule has 1 aromatic carbocycles. The summed E-state index contributed by atoms with van der Waals surface area (Å²) in [6, 6.07) is 7.39. The molecule has 0 amide bonds. The quantitative estimate of drug-likeness (QED) is 0.328. The van der Waals surface area contributed by atoms with Gasteiger partial charge in [0.05, 0.1) is 18.0 Å². The lowest BCUT2D eigenvalue weighted by molar-refractivity contribution is 0.569. The normalized spacial score (nSPS) is 16.7. The fourth-order valence-electron chi connectivity index (χ4n) is 4.93. The Labute approximate surface area is 228 Å². The van der Waals surface area contributed by atoms with Gasteiger partial charge in [0.2, 0.25) is 0 Å². The highest BCUT2D eigenvalue weighted by Gasteiger charge is 2.42. The molecule has 0 spiro atoms. The van der Waals surface area contributed by atoms with Gasteiger partial charge in [-0.1, -0.05) is 17.7 Å². The summed E-state index contributed by atoms with van der Waals surface area (Å²) in [5.74, 6) is -2.06. The highest BCUT2D eigenvalue weighted by atomic mass is 35.5. The average molecular weight is 570 g/mol. The standard InChI is InChI=1S/C27H22ClF2N5O3S/c1-14-11-32-25(17-5-4-6-21(23(17)29)39(3,37)38)24(30)26(14)35-15(2)9-20(22(28)27(35)36)19-10-18(19)16-12-33-34(13-16)8-7-31/h4-6,9,11-13,18-19H,8,10H2,1-3H3/t18-,19+/m1/s1. The molecule has 39 heavy (non-hydrogen) atoms. The van der Waals surface area contributed by atoms with E-state index in [1.807, 2.05) is 6.07 Å². The first-order valence-electron chi connectivity index (χ1n) is 11.9. The number of sulfone groups is 1. The van der Waals surface area contributed by atoms with Crippen LogP contribution in [0.4, 0.5) is 8.78 Å². The summed E-state index contributed by atoms with van der Waals surface area (Å²) in [6.07, 6.45) is 6.38. The van der Waals surface area contributed by atoms with Crippen LogP contribution in [0.15, 0.2) is 52.5 Å². The van der Waals surface area contributed by atoms with Gasteiger partial charge in [0, 0.05) is 29.9 Å². The SMILES string of the molecule is Cc1cnc(-c2cccc(S(C)(=O)=O)c2F)c(F)c1-n1c(C)cc([C@H]2C[C@@H]2c2cnn(CC#N)c2)c(Cl)c1=O. The second-order valence-corrected chi connectivity index (χ2v) is 12.0. The molecule has 200 valence electrons. The molecule has 3 heterocycles. The van der Waals surface area contributed by atoms with Crippen LogP contribution in [0.1, 0.15) is 40.6 Å². The fourth-order valence-corrected chi connectivity index (χ4v) is 5.97. The predicted octanol–water partition coefficient (Wildman–Crippen LogP) is 4.84. The van der Waals surface area contributed by atoms with E-state index in [0.717, 1.165) is 28.9 Å². The van der Waals surface area contributed by atoms with Crippen molar-refractivity contribution >= 4 is 21.4 Å². The summed E-state index contributed by atoms with van der Waals surface area (Å²) >= 11 is 6.56. The molecular weight excluding hydrogens is 548 g/mol. The summed E-state index contributed by atoms with van der Waals surface area (Å²) in [5, 5.41) is 13.0. The number of nitrogens with zero attached hydrogens (tertiary/aromatic N) is 5. The fraction of sp³-hybridized carbons (Fsp3) is 0.259. The van der Waals surface area contributed by atoms with Crippen molar-refractivity contribution in [2.24, 2.45) is 0 Å². The Kier molecular flexibility index (Phi) is 6.64. The number of halogens is 3. The van der Waals surface area contributed by atoms with Gasteiger partial charge in [0.1, 0.15) is 22.2 Å². The molecule has 3 aromatic heterocycles. The van der Waals surface area contributed by atoms with Crippen LogP contribution in [0.5, 0.6) is 0 Å². The Morgan fingerprint density at radius 1 is 1.18 bits per heavy atom. The van der Waals surface area contributed by atoms with Crippen molar-refractivity contribution in [3.05, 3.63) is 92.3 Å². The molecule has 1 fully saturated rings. The van der Waals surface area contributed by atoms with Crippen LogP contribution >= 0.6 is 11.6 Å². The third-order valence-corrected chi connectivity index (χ3v) is 8.38. The summed E-state index contributed by atoms with van der Waals surface area (Å²) in [6.45, 7) is 3.34. The lowest BCUT2D eigenvalue weighted by Gasteiger charge is -2.18. The van der Waals surface area contributed by atoms with Gasteiger partial charge in [-0.05, 0) is 67.0 Å². The number of pyridine rings is 2. The first kappa shape index (κ1) is 26.7. The third-order valence-electron chi connectivity index (χ3n) is 6.88. The van der Waals surface area contributed by atoms with Crippen molar-refractivity contribution in [1.82, 2.24) is 19.3 Å². The van der Waals surface area contributed by atoms with Crippen LogP contribution < -0.4 is 5.56 Å². The number of benzene rings is 1. The Morgan fingerprint density at radius 2 is 1.92 bits per heavy atom. The highest BCUT2D eigenvalue weighted by molar-refractivity contribution is 7.90. The number of hydrogen-bond acceptors (Lipinski definition) is 6. The van der Waals surface area contributed by atoms with Crippen LogP contribution in [0.2, 0.25) is 5.02 Å². The molecule has 0 N–H and O–H groups in total. The van der Waals surface area contributed by atoms with Crippen LogP contribution in [0, 0.1) is 36.8 Å². The van der Waals surface area contributed by atoms with E-state index in [0.29, 0.717) is 16.8 Å². The molecule has 12 heteroatoms. The zero-order chi connectivity index (χ0) is 28.2. The molecule has 4 aromatic rings. The molecule has 1 saturated carbocycles. The molecule has 0 saturated heterocycles. The smallest absolute Gasteiger partial charge is 0.274 e. The summed E-state index contributed by atoms with van der Waals surface area (Å²) in [4.78, 5) is 17.0. The molecule has 1 aliphatic carbocycles. The minimum atomic E-state index is -3.92. The van der Waals surface area contributed by atoms with E-state index in [4.69, 9.17) is 16.9 Å². The van der Waals surface area contributed by atoms with Crippen molar-refractivity contribution in [3.63, 3.8) is 0 Å². The number of nitriles is 1. The maximum absolute atomic E-state index is 16.0. The molecule has 5 rings (SSSR count). The van der Waals surface area contributed by atoms with Gasteiger partial charge < -0.3 is 0 Å². The Hall–Kier alpha value is -3.88. The van der Waals surface area contributed by atoms with Gasteiger partial charge in [-0.15, -0.1) is 0 Å². The van der Waals surface area contributed by atoms with Crippen LogP contribution in [0.25, 0.3) is 16.9 Å². The number of aryl methyl sites for hydroxylation is 2. The van der Waals surface area contributed by atoms with E-state index in [9.17, 15) is 13.2 Å². The van der Waals surface area contributed by atoms with Gasteiger partial charge in [0.15, 0.2) is 21.5 Å². The zero-order valence-corrected chi connectivity index (χ0v) is 22.7. The third kappa shape index (κ3) is 4.64.